The maximum absolute atomic E-state index is 14.0. The summed E-state index contributed by atoms with van der Waals surface area (Å²) in [6, 6.07) is 13.5. The van der Waals surface area contributed by atoms with Crippen molar-refractivity contribution in [3.05, 3.63) is 70.5 Å². The van der Waals surface area contributed by atoms with E-state index in [1.807, 2.05) is 37.3 Å². The molecular formula is C16H17ClFNO. The highest BCUT2D eigenvalue weighted by atomic mass is 35.5. The largest absolute Gasteiger partial charge is 0.372 e. The first-order valence-corrected chi connectivity index (χ1v) is 6.88. The number of rotatable bonds is 5. The van der Waals surface area contributed by atoms with Crippen molar-refractivity contribution in [3.8, 4) is 0 Å². The third kappa shape index (κ3) is 3.37. The van der Waals surface area contributed by atoms with Gasteiger partial charge >= 0.3 is 0 Å². The minimum Gasteiger partial charge on any atom is -0.372 e. The van der Waals surface area contributed by atoms with E-state index >= 15 is 0 Å². The summed E-state index contributed by atoms with van der Waals surface area (Å²) in [5.74, 6) is -0.411. The van der Waals surface area contributed by atoms with E-state index in [4.69, 9.17) is 22.1 Å². The molecule has 0 aliphatic carbocycles. The molecule has 0 heterocycles. The Morgan fingerprint density at radius 1 is 1.20 bits per heavy atom. The third-order valence-corrected chi connectivity index (χ3v) is 3.36. The van der Waals surface area contributed by atoms with Crippen LogP contribution in [0.5, 0.6) is 0 Å². The van der Waals surface area contributed by atoms with Crippen molar-refractivity contribution in [1.29, 1.82) is 0 Å². The minimum absolute atomic E-state index is 0.353. The van der Waals surface area contributed by atoms with Crippen molar-refractivity contribution in [2.75, 3.05) is 6.61 Å². The van der Waals surface area contributed by atoms with E-state index in [2.05, 4.69) is 0 Å². The van der Waals surface area contributed by atoms with Crippen molar-refractivity contribution >= 4 is 11.6 Å². The molecule has 4 heteroatoms. The van der Waals surface area contributed by atoms with E-state index in [1.54, 1.807) is 12.1 Å². The zero-order valence-corrected chi connectivity index (χ0v) is 12.0. The normalized spacial score (nSPS) is 14.0. The second kappa shape index (κ2) is 6.84. The molecule has 2 rings (SSSR count). The average molecular weight is 294 g/mol. The summed E-state index contributed by atoms with van der Waals surface area (Å²) in [7, 11) is 0. The van der Waals surface area contributed by atoms with Crippen LogP contribution in [-0.2, 0) is 4.74 Å². The van der Waals surface area contributed by atoms with E-state index in [0.717, 1.165) is 5.56 Å². The fourth-order valence-corrected chi connectivity index (χ4v) is 2.32. The van der Waals surface area contributed by atoms with Crippen LogP contribution in [-0.4, -0.2) is 6.61 Å². The zero-order chi connectivity index (χ0) is 14.5. The third-order valence-electron chi connectivity index (χ3n) is 3.12. The number of hydrogen-bond donors (Lipinski definition) is 1. The Morgan fingerprint density at radius 2 is 1.90 bits per heavy atom. The average Bonchev–Trinajstić information content (AvgIpc) is 2.45. The fourth-order valence-electron chi connectivity index (χ4n) is 2.16. The Morgan fingerprint density at radius 3 is 2.50 bits per heavy atom. The van der Waals surface area contributed by atoms with Crippen molar-refractivity contribution in [2.45, 2.75) is 19.1 Å². The van der Waals surface area contributed by atoms with Crippen LogP contribution >= 0.6 is 11.6 Å². The van der Waals surface area contributed by atoms with Gasteiger partial charge in [0.15, 0.2) is 0 Å². The first-order valence-electron chi connectivity index (χ1n) is 6.50. The van der Waals surface area contributed by atoms with Gasteiger partial charge in [-0.05, 0) is 24.6 Å². The van der Waals surface area contributed by atoms with Crippen LogP contribution in [0, 0.1) is 5.82 Å². The summed E-state index contributed by atoms with van der Waals surface area (Å²) in [6.45, 7) is 2.39. The van der Waals surface area contributed by atoms with Crippen LogP contribution in [0.4, 0.5) is 4.39 Å². The first-order chi connectivity index (χ1) is 9.63. The molecule has 0 aliphatic heterocycles. The second-order valence-corrected chi connectivity index (χ2v) is 4.91. The van der Waals surface area contributed by atoms with Gasteiger partial charge in [0, 0.05) is 17.2 Å². The van der Waals surface area contributed by atoms with E-state index in [0.29, 0.717) is 17.2 Å². The van der Waals surface area contributed by atoms with Crippen LogP contribution in [0.1, 0.15) is 30.2 Å². The molecule has 2 atom stereocenters. The van der Waals surface area contributed by atoms with Gasteiger partial charge in [0.25, 0.3) is 0 Å². The maximum atomic E-state index is 14.0. The molecule has 0 saturated carbocycles. The van der Waals surface area contributed by atoms with Gasteiger partial charge < -0.3 is 10.5 Å². The van der Waals surface area contributed by atoms with Gasteiger partial charge in [-0.25, -0.2) is 4.39 Å². The quantitative estimate of drug-likeness (QED) is 0.894. The molecule has 0 fully saturated rings. The lowest BCUT2D eigenvalue weighted by molar-refractivity contribution is 0.0421. The standard InChI is InChI=1S/C16H17ClFNO/c1-2-20-16(11-6-4-3-5-7-11)15(19)13-9-8-12(17)10-14(13)18/h3-10,15-16H,2,19H2,1H3. The highest BCUT2D eigenvalue weighted by Gasteiger charge is 2.24. The van der Waals surface area contributed by atoms with Gasteiger partial charge in [0.05, 0.1) is 6.04 Å². The summed E-state index contributed by atoms with van der Waals surface area (Å²) >= 11 is 5.77. The second-order valence-electron chi connectivity index (χ2n) is 4.48. The topological polar surface area (TPSA) is 35.2 Å². The smallest absolute Gasteiger partial charge is 0.129 e. The molecule has 2 N–H and O–H groups in total. The highest BCUT2D eigenvalue weighted by molar-refractivity contribution is 6.30. The van der Waals surface area contributed by atoms with Gasteiger partial charge in [0.1, 0.15) is 11.9 Å². The Balaban J connectivity index is 2.34. The van der Waals surface area contributed by atoms with E-state index in [-0.39, 0.29) is 0 Å². The van der Waals surface area contributed by atoms with E-state index in [1.165, 1.54) is 6.07 Å². The van der Waals surface area contributed by atoms with Crippen molar-refractivity contribution in [1.82, 2.24) is 0 Å². The molecule has 2 aromatic rings. The Labute approximate surface area is 123 Å². The van der Waals surface area contributed by atoms with Crippen LogP contribution in [0.25, 0.3) is 0 Å². The molecular weight excluding hydrogens is 277 g/mol. The van der Waals surface area contributed by atoms with Crippen LogP contribution in [0.3, 0.4) is 0 Å². The number of ether oxygens (including phenoxy) is 1. The SMILES string of the molecule is CCOC(c1ccccc1)C(N)c1ccc(Cl)cc1F. The molecule has 106 valence electrons. The predicted octanol–water partition coefficient (Wildman–Crippen LogP) is 4.26. The minimum atomic E-state index is -0.588. The van der Waals surface area contributed by atoms with Crippen molar-refractivity contribution < 1.29 is 9.13 Å². The van der Waals surface area contributed by atoms with Crippen LogP contribution in [0.2, 0.25) is 5.02 Å². The first kappa shape index (κ1) is 15.0. The van der Waals surface area contributed by atoms with Gasteiger partial charge in [0.2, 0.25) is 0 Å². The summed E-state index contributed by atoms with van der Waals surface area (Å²) in [5, 5.41) is 0.353. The maximum Gasteiger partial charge on any atom is 0.129 e. The predicted molar refractivity (Wildman–Crippen MR) is 79.1 cm³/mol. The summed E-state index contributed by atoms with van der Waals surface area (Å²) in [4.78, 5) is 0. The van der Waals surface area contributed by atoms with Crippen molar-refractivity contribution in [2.24, 2.45) is 5.73 Å². The lowest BCUT2D eigenvalue weighted by atomic mass is 9.96. The lowest BCUT2D eigenvalue weighted by Crippen LogP contribution is -2.23. The Bertz CT molecular complexity index is 562. The lowest BCUT2D eigenvalue weighted by Gasteiger charge is -2.25. The highest BCUT2D eigenvalue weighted by Crippen LogP contribution is 2.32. The van der Waals surface area contributed by atoms with Gasteiger partial charge in [-0.1, -0.05) is 48.0 Å². The van der Waals surface area contributed by atoms with Gasteiger partial charge in [-0.15, -0.1) is 0 Å². The van der Waals surface area contributed by atoms with Crippen LogP contribution < -0.4 is 5.73 Å². The fraction of sp³-hybridized carbons (Fsp3) is 0.250. The summed E-state index contributed by atoms with van der Waals surface area (Å²) in [6.07, 6.45) is -0.392. The monoisotopic (exact) mass is 293 g/mol. The molecule has 0 spiro atoms. The molecule has 2 aromatic carbocycles. The molecule has 0 amide bonds. The number of benzene rings is 2. The van der Waals surface area contributed by atoms with Gasteiger partial charge in [-0.2, -0.15) is 0 Å². The number of hydrogen-bond acceptors (Lipinski definition) is 2. The van der Waals surface area contributed by atoms with Gasteiger partial charge in [-0.3, -0.25) is 0 Å². The molecule has 2 unspecified atom stereocenters. The summed E-state index contributed by atoms with van der Waals surface area (Å²) in [5.41, 5.74) is 7.53. The number of nitrogens with two attached hydrogens (primary N) is 1. The Kier molecular flexibility index (Phi) is 5.12. The Hall–Kier alpha value is -1.42. The molecule has 0 aliphatic rings. The molecule has 0 bridgehead atoms. The molecule has 2 nitrogen and oxygen atoms in total. The van der Waals surface area contributed by atoms with E-state index < -0.39 is 18.0 Å². The molecule has 20 heavy (non-hydrogen) atoms. The van der Waals surface area contributed by atoms with E-state index in [9.17, 15) is 4.39 Å². The molecule has 0 saturated heterocycles. The molecule has 0 radical (unpaired) electrons. The zero-order valence-electron chi connectivity index (χ0n) is 11.2. The van der Waals surface area contributed by atoms with Crippen LogP contribution in [0.15, 0.2) is 48.5 Å². The summed E-state index contributed by atoms with van der Waals surface area (Å²) < 4.78 is 19.7. The van der Waals surface area contributed by atoms with Crippen molar-refractivity contribution in [3.63, 3.8) is 0 Å². The number of halogens is 2. The molecule has 0 aromatic heterocycles.